The van der Waals surface area contributed by atoms with Crippen LogP contribution in [0.3, 0.4) is 0 Å². The largest absolute Gasteiger partial charge is 0.391 e. The first kappa shape index (κ1) is 53.3. The summed E-state index contributed by atoms with van der Waals surface area (Å²) in [6.45, 7) is 14.5. The molecule has 4 aromatic heterocycles. The van der Waals surface area contributed by atoms with E-state index in [1.54, 1.807) is 23.1 Å². The molecule has 3 saturated heterocycles. The number of thiazole rings is 1. The van der Waals surface area contributed by atoms with Crippen molar-refractivity contribution < 1.29 is 29.1 Å². The van der Waals surface area contributed by atoms with E-state index >= 15 is 0 Å². The third kappa shape index (κ3) is 11.5. The molecule has 77 heavy (non-hydrogen) atoms. The van der Waals surface area contributed by atoms with Gasteiger partial charge in [0.15, 0.2) is 17.1 Å². The van der Waals surface area contributed by atoms with Crippen molar-refractivity contribution in [2.75, 3.05) is 50.7 Å². The Bertz CT molecular complexity index is 3260. The normalized spacial score (nSPS) is 19.2. The van der Waals surface area contributed by atoms with Gasteiger partial charge < -0.3 is 34.8 Å². The lowest BCUT2D eigenvalue weighted by atomic mass is 9.90. The molecule has 19 heteroatoms. The number of hydrogen-bond acceptors (Lipinski definition) is 14. The predicted octanol–water partition coefficient (Wildman–Crippen LogP) is 6.67. The van der Waals surface area contributed by atoms with E-state index in [9.17, 15) is 29.4 Å². The number of aromatic nitrogens is 6. The van der Waals surface area contributed by atoms with E-state index in [0.717, 1.165) is 63.7 Å². The molecule has 3 N–H and O–H groups in total. The quantitative estimate of drug-likeness (QED) is 0.0926. The fourth-order valence-electron chi connectivity index (χ4n) is 11.3. The van der Waals surface area contributed by atoms with Crippen LogP contribution in [-0.2, 0) is 34.5 Å². The van der Waals surface area contributed by atoms with Crippen molar-refractivity contribution in [2.45, 2.75) is 109 Å². The van der Waals surface area contributed by atoms with Crippen molar-refractivity contribution in [1.82, 2.24) is 49.5 Å². The standard InChI is InChI=1S/C58H69N11O7S/c1-36(2)50(56(73)69-32-45(70)29-46(69)55(72)61-38(4)42-16-18-44(19-17-42)54-39(5)60-35-77-54)47-30-48(63-76-47)66-26-24-65(25-27-66)31-40-12-14-43(15-13-40)53-51-52(62-64(53)6)57(74)68(34-59-51)33-58(75)20-22-67(23-21-58)49(71)28-37(3)41-10-8-7-9-11-41/h7-19,30,34-38,45-46,50,70,75H,20-29,31-33H2,1-6H3,(H,61,72)/t37-,38+,45-,46+,50-/m1/s1. The maximum Gasteiger partial charge on any atom is 0.281 e. The van der Waals surface area contributed by atoms with Crippen LogP contribution in [0.5, 0.6) is 0 Å². The van der Waals surface area contributed by atoms with Crippen molar-refractivity contribution in [2.24, 2.45) is 13.0 Å². The number of nitrogens with zero attached hydrogens (tertiary/aromatic N) is 10. The molecule has 10 rings (SSSR count). The van der Waals surface area contributed by atoms with E-state index in [1.807, 2.05) is 111 Å². The first-order valence-electron chi connectivity index (χ1n) is 26.8. The molecule has 3 fully saturated rings. The summed E-state index contributed by atoms with van der Waals surface area (Å²) in [4.78, 5) is 73.3. The lowest BCUT2D eigenvalue weighted by Crippen LogP contribution is -2.49. The number of likely N-dealkylation sites (tertiary alicyclic amines) is 2. The summed E-state index contributed by atoms with van der Waals surface area (Å²) in [6, 6.07) is 27.0. The number of piperazine rings is 1. The Morgan fingerprint density at radius 3 is 2.25 bits per heavy atom. The predicted molar refractivity (Wildman–Crippen MR) is 295 cm³/mol. The average Bonchev–Trinajstić information content (AvgIpc) is 4.29. The second kappa shape index (κ2) is 22.5. The van der Waals surface area contributed by atoms with Gasteiger partial charge in [-0.2, -0.15) is 5.10 Å². The summed E-state index contributed by atoms with van der Waals surface area (Å²) >= 11 is 1.59. The van der Waals surface area contributed by atoms with Crippen LogP contribution in [0.4, 0.5) is 5.82 Å². The molecule has 0 spiro atoms. The van der Waals surface area contributed by atoms with Gasteiger partial charge in [-0.3, -0.25) is 33.3 Å². The number of fused-ring (bicyclic) bond motifs is 1. The first-order valence-corrected chi connectivity index (χ1v) is 27.7. The van der Waals surface area contributed by atoms with Crippen LogP contribution < -0.4 is 15.8 Å². The molecule has 0 bridgehead atoms. The number of β-amino-alcohol motifs (C(OH)–C–C–N with tert-alkyl or cyclic N) is 1. The number of amides is 3. The number of aryl methyl sites for hydroxylation is 2. The second-order valence-corrected chi connectivity index (χ2v) is 22.6. The number of carbonyl (C=O) groups excluding carboxylic acids is 3. The molecule has 3 aliphatic heterocycles. The summed E-state index contributed by atoms with van der Waals surface area (Å²) in [6.07, 6.45) is 1.92. The molecule has 0 aliphatic carbocycles. The van der Waals surface area contributed by atoms with Crippen LogP contribution >= 0.6 is 11.3 Å². The number of aliphatic hydroxyl groups excluding tert-OH is 1. The summed E-state index contributed by atoms with van der Waals surface area (Å²) in [7, 11) is 1.80. The number of anilines is 1. The van der Waals surface area contributed by atoms with Gasteiger partial charge in [-0.25, -0.2) is 9.97 Å². The van der Waals surface area contributed by atoms with Crippen LogP contribution in [0.15, 0.2) is 106 Å². The topological polar surface area (TPSA) is 208 Å². The monoisotopic (exact) mass is 1060 g/mol. The zero-order valence-corrected chi connectivity index (χ0v) is 45.5. The summed E-state index contributed by atoms with van der Waals surface area (Å²) in [5, 5.41) is 34.5. The molecular weight excluding hydrogens is 995 g/mol. The number of nitrogens with one attached hydrogen (secondary N) is 1. The van der Waals surface area contributed by atoms with Gasteiger partial charge in [0.1, 0.15) is 17.5 Å². The minimum absolute atomic E-state index is 0.0539. The van der Waals surface area contributed by atoms with Crippen LogP contribution in [0.25, 0.3) is 32.7 Å². The smallest absolute Gasteiger partial charge is 0.281 e. The molecule has 0 unspecified atom stereocenters. The van der Waals surface area contributed by atoms with Crippen molar-refractivity contribution in [3.63, 3.8) is 0 Å². The Hall–Kier alpha value is -7.06. The molecule has 3 amide bonds. The van der Waals surface area contributed by atoms with Gasteiger partial charge in [-0.1, -0.05) is 105 Å². The number of hydrogen-bond donors (Lipinski definition) is 3. The third-order valence-electron chi connectivity index (χ3n) is 15.9. The molecule has 18 nitrogen and oxygen atoms in total. The minimum atomic E-state index is -1.16. The van der Waals surface area contributed by atoms with E-state index in [4.69, 9.17) is 9.51 Å². The van der Waals surface area contributed by atoms with Crippen molar-refractivity contribution in [3.05, 3.63) is 135 Å². The number of piperidine rings is 1. The van der Waals surface area contributed by atoms with E-state index in [-0.39, 0.29) is 66.2 Å². The van der Waals surface area contributed by atoms with E-state index < -0.39 is 23.7 Å². The Kier molecular flexibility index (Phi) is 15.6. The van der Waals surface area contributed by atoms with Crippen LogP contribution in [0.1, 0.15) is 99.4 Å². The highest BCUT2D eigenvalue weighted by atomic mass is 32.1. The van der Waals surface area contributed by atoms with Gasteiger partial charge in [0.05, 0.1) is 52.4 Å². The molecule has 0 saturated carbocycles. The first-order chi connectivity index (χ1) is 37.0. The summed E-state index contributed by atoms with van der Waals surface area (Å²) in [5.74, 6) is -0.216. The van der Waals surface area contributed by atoms with Crippen LogP contribution in [0.2, 0.25) is 0 Å². The molecule has 5 atom stereocenters. The highest BCUT2D eigenvalue weighted by Crippen LogP contribution is 2.35. The lowest BCUT2D eigenvalue weighted by Gasteiger charge is -2.38. The van der Waals surface area contributed by atoms with Gasteiger partial charge in [0.2, 0.25) is 17.7 Å². The lowest BCUT2D eigenvalue weighted by molar-refractivity contribution is -0.141. The third-order valence-corrected chi connectivity index (χ3v) is 16.9. The zero-order chi connectivity index (χ0) is 54.1. The second-order valence-electron chi connectivity index (χ2n) is 21.8. The Balaban J connectivity index is 0.717. The van der Waals surface area contributed by atoms with Crippen molar-refractivity contribution in [3.8, 4) is 21.7 Å². The number of benzene rings is 3. The SMILES string of the molecule is Cc1ncsc1-c1ccc([C@H](C)NC(=O)[C@@H]2C[C@@H](O)CN2C(=O)[C@@H](c2cc(N3CCN(Cc4ccc(-c5c6ncn(CC7(O)CCN(C(=O)C[C@@H](C)c8ccccc8)CC7)c(=O)c6nn5C)cc4)CC3)no2)C(C)C)cc1. The zero-order valence-electron chi connectivity index (χ0n) is 44.7. The number of carbonyl (C=O) groups is 3. The maximum atomic E-state index is 14.4. The highest BCUT2D eigenvalue weighted by Gasteiger charge is 2.44. The average molecular weight is 1060 g/mol. The minimum Gasteiger partial charge on any atom is -0.391 e. The van der Waals surface area contributed by atoms with Gasteiger partial charge >= 0.3 is 0 Å². The molecule has 3 aliphatic rings. The molecule has 7 heterocycles. The van der Waals surface area contributed by atoms with Gasteiger partial charge in [0, 0.05) is 83.9 Å². The Morgan fingerprint density at radius 2 is 1.57 bits per heavy atom. The van der Waals surface area contributed by atoms with Gasteiger partial charge in [-0.05, 0) is 60.8 Å². The van der Waals surface area contributed by atoms with Gasteiger partial charge in [-0.15, -0.1) is 11.3 Å². The van der Waals surface area contributed by atoms with E-state index in [0.29, 0.717) is 62.5 Å². The molecule has 0 radical (unpaired) electrons. The number of rotatable bonds is 16. The fourth-order valence-corrected chi connectivity index (χ4v) is 12.1. The molecule has 7 aromatic rings. The van der Waals surface area contributed by atoms with Crippen LogP contribution in [0, 0.1) is 12.8 Å². The molecule has 404 valence electrons. The summed E-state index contributed by atoms with van der Waals surface area (Å²) < 4.78 is 9.04. The molecule has 3 aromatic carbocycles. The summed E-state index contributed by atoms with van der Waals surface area (Å²) in [5.41, 5.74) is 7.89. The van der Waals surface area contributed by atoms with Crippen LogP contribution in [-0.4, -0.2) is 136 Å². The van der Waals surface area contributed by atoms with Crippen molar-refractivity contribution >= 4 is 45.9 Å². The van der Waals surface area contributed by atoms with Gasteiger partial charge in [0.25, 0.3) is 5.56 Å². The molecular formula is C58H69N11O7S. The maximum absolute atomic E-state index is 14.4. The fraction of sp³-hybridized carbons (Fsp3) is 0.448. The Labute approximate surface area is 452 Å². The van der Waals surface area contributed by atoms with E-state index in [1.165, 1.54) is 15.8 Å². The number of aliphatic hydroxyl groups is 2. The Morgan fingerprint density at radius 1 is 0.870 bits per heavy atom. The highest BCUT2D eigenvalue weighted by molar-refractivity contribution is 7.13. The van der Waals surface area contributed by atoms with Crippen molar-refractivity contribution in [1.29, 1.82) is 0 Å². The van der Waals surface area contributed by atoms with E-state index in [2.05, 4.69) is 49.4 Å².